The fourth-order valence-corrected chi connectivity index (χ4v) is 6.73. The molecule has 2 heterocycles. The summed E-state index contributed by atoms with van der Waals surface area (Å²) in [7, 11) is 0.0761. The molecule has 0 saturated carbocycles. The van der Waals surface area contributed by atoms with Crippen LogP contribution < -0.4 is 10.3 Å². The molecule has 2 atom stereocenters. The Kier molecular flexibility index (Phi) is 6.49. The van der Waals surface area contributed by atoms with Crippen LogP contribution >= 0.6 is 11.8 Å². The number of amides is 1. The number of hydrogen-bond acceptors (Lipinski definition) is 7. The highest BCUT2D eigenvalue weighted by Crippen LogP contribution is 2.28. The molecule has 2 aromatic carbocycles. The molecule has 2 unspecified atom stereocenters. The van der Waals surface area contributed by atoms with Crippen molar-refractivity contribution in [3.8, 4) is 11.4 Å². The Morgan fingerprint density at radius 3 is 2.70 bits per heavy atom. The van der Waals surface area contributed by atoms with E-state index in [0.29, 0.717) is 33.9 Å². The van der Waals surface area contributed by atoms with Gasteiger partial charge >= 0.3 is 0 Å². The van der Waals surface area contributed by atoms with Gasteiger partial charge in [0.1, 0.15) is 5.75 Å². The third kappa shape index (κ3) is 4.77. The molecule has 0 spiro atoms. The Morgan fingerprint density at radius 1 is 1.24 bits per heavy atom. The minimum Gasteiger partial charge on any atom is -0.497 e. The van der Waals surface area contributed by atoms with Gasteiger partial charge in [0.2, 0.25) is 5.91 Å². The lowest BCUT2D eigenvalue weighted by molar-refractivity contribution is -0.130. The van der Waals surface area contributed by atoms with Crippen LogP contribution in [0.4, 0.5) is 0 Å². The number of benzene rings is 2. The monoisotopic (exact) mass is 487 g/mol. The van der Waals surface area contributed by atoms with Crippen LogP contribution in [0.2, 0.25) is 0 Å². The molecule has 174 valence electrons. The van der Waals surface area contributed by atoms with Crippen molar-refractivity contribution in [3.05, 3.63) is 58.9 Å². The van der Waals surface area contributed by atoms with Crippen molar-refractivity contribution < 1.29 is 17.9 Å². The molecule has 1 aliphatic heterocycles. The molecule has 4 rings (SSSR count). The Balaban J connectivity index is 1.72. The van der Waals surface area contributed by atoms with Crippen LogP contribution in [-0.4, -0.2) is 65.7 Å². The zero-order valence-corrected chi connectivity index (χ0v) is 20.2. The number of aromatic nitrogens is 2. The van der Waals surface area contributed by atoms with Gasteiger partial charge in [0.15, 0.2) is 15.0 Å². The smallest absolute Gasteiger partial charge is 0.266 e. The van der Waals surface area contributed by atoms with Crippen LogP contribution in [0.3, 0.4) is 0 Å². The van der Waals surface area contributed by atoms with E-state index in [9.17, 15) is 18.0 Å². The zero-order chi connectivity index (χ0) is 23.8. The van der Waals surface area contributed by atoms with Crippen molar-refractivity contribution in [1.29, 1.82) is 0 Å². The first-order chi connectivity index (χ1) is 15.7. The highest BCUT2D eigenvalue weighted by Gasteiger charge is 2.34. The number of nitrogens with zero attached hydrogens (tertiary/aromatic N) is 3. The lowest BCUT2D eigenvalue weighted by atomic mass is 10.2. The number of fused-ring (bicyclic) bond motifs is 1. The molecule has 0 radical (unpaired) electrons. The maximum Gasteiger partial charge on any atom is 0.266 e. The average Bonchev–Trinajstić information content (AvgIpc) is 3.17. The lowest BCUT2D eigenvalue weighted by Crippen LogP contribution is -2.42. The molecular weight excluding hydrogens is 462 g/mol. The Labute approximate surface area is 196 Å². The van der Waals surface area contributed by atoms with E-state index in [0.717, 1.165) is 0 Å². The van der Waals surface area contributed by atoms with E-state index >= 15 is 0 Å². The van der Waals surface area contributed by atoms with Gasteiger partial charge in [0.05, 0.1) is 40.5 Å². The second kappa shape index (κ2) is 9.18. The highest BCUT2D eigenvalue weighted by molar-refractivity contribution is 8.00. The quantitative estimate of drug-likeness (QED) is 0.389. The van der Waals surface area contributed by atoms with Crippen LogP contribution in [0.25, 0.3) is 16.6 Å². The summed E-state index contributed by atoms with van der Waals surface area (Å²) in [4.78, 5) is 32.7. The van der Waals surface area contributed by atoms with Crippen molar-refractivity contribution in [2.45, 2.75) is 29.8 Å². The SMILES string of the molecule is COc1cccc(-n2c(SC(C)C(=O)N(C)C3CCS(=O)(=O)C3)nc3ccccc3c2=O)c1. The number of rotatable bonds is 6. The number of methoxy groups -OCH3 is 1. The third-order valence-electron chi connectivity index (χ3n) is 5.79. The molecule has 1 aliphatic rings. The molecule has 0 N–H and O–H groups in total. The van der Waals surface area contributed by atoms with Crippen molar-refractivity contribution in [3.63, 3.8) is 0 Å². The third-order valence-corrected chi connectivity index (χ3v) is 8.58. The molecule has 1 fully saturated rings. The fraction of sp³-hybridized carbons (Fsp3) is 0.348. The Hall–Kier alpha value is -2.85. The summed E-state index contributed by atoms with van der Waals surface area (Å²) in [5, 5.41) is 0.264. The van der Waals surface area contributed by atoms with E-state index in [1.807, 2.05) is 6.07 Å². The Morgan fingerprint density at radius 2 is 2.00 bits per heavy atom. The molecule has 1 aromatic heterocycles. The van der Waals surface area contributed by atoms with Crippen molar-refractivity contribution in [1.82, 2.24) is 14.5 Å². The molecule has 10 heteroatoms. The van der Waals surface area contributed by atoms with Crippen LogP contribution in [-0.2, 0) is 14.6 Å². The normalized spacial score (nSPS) is 18.2. The van der Waals surface area contributed by atoms with E-state index in [1.165, 1.54) is 21.2 Å². The van der Waals surface area contributed by atoms with Crippen LogP contribution in [0, 0.1) is 0 Å². The summed E-state index contributed by atoms with van der Waals surface area (Å²) in [6, 6.07) is 13.8. The first-order valence-corrected chi connectivity index (χ1v) is 13.2. The number of para-hydroxylation sites is 1. The predicted octanol–water partition coefficient (Wildman–Crippen LogP) is 2.52. The predicted molar refractivity (Wildman–Crippen MR) is 129 cm³/mol. The summed E-state index contributed by atoms with van der Waals surface area (Å²) >= 11 is 1.17. The molecule has 1 saturated heterocycles. The van der Waals surface area contributed by atoms with E-state index in [2.05, 4.69) is 4.98 Å². The average molecular weight is 488 g/mol. The van der Waals surface area contributed by atoms with Gasteiger partial charge in [0.25, 0.3) is 5.56 Å². The van der Waals surface area contributed by atoms with Crippen molar-refractivity contribution >= 4 is 38.4 Å². The second-order valence-corrected chi connectivity index (χ2v) is 11.6. The number of carbonyl (C=O) groups is 1. The number of thioether (sulfide) groups is 1. The minimum atomic E-state index is -3.11. The fourth-order valence-electron chi connectivity index (χ4n) is 3.92. The Bertz CT molecular complexity index is 1370. The van der Waals surface area contributed by atoms with E-state index in [4.69, 9.17) is 4.74 Å². The van der Waals surface area contributed by atoms with Crippen LogP contribution in [0.1, 0.15) is 13.3 Å². The first kappa shape index (κ1) is 23.3. The summed E-state index contributed by atoms with van der Waals surface area (Å²) in [5.41, 5.74) is 0.875. The van der Waals surface area contributed by atoms with Gasteiger partial charge in [-0.15, -0.1) is 0 Å². The van der Waals surface area contributed by atoms with Gasteiger partial charge in [-0.2, -0.15) is 0 Å². The minimum absolute atomic E-state index is 0.0185. The van der Waals surface area contributed by atoms with Gasteiger partial charge < -0.3 is 9.64 Å². The molecule has 0 bridgehead atoms. The maximum atomic E-state index is 13.4. The van der Waals surface area contributed by atoms with E-state index in [-0.39, 0.29) is 29.0 Å². The molecule has 1 amide bonds. The topological polar surface area (TPSA) is 98.6 Å². The largest absolute Gasteiger partial charge is 0.497 e. The molecule has 0 aliphatic carbocycles. The van der Waals surface area contributed by atoms with Gasteiger partial charge in [-0.25, -0.2) is 13.4 Å². The standard InChI is InChI=1S/C23H25N3O5S2/c1-15(21(27)25(2)17-11-12-33(29,30)14-17)32-23-24-20-10-5-4-9-19(20)22(28)26(23)16-7-6-8-18(13-16)31-3/h4-10,13,15,17H,11-12,14H2,1-3H3. The van der Waals surface area contributed by atoms with Gasteiger partial charge in [-0.05, 0) is 37.6 Å². The number of carbonyl (C=O) groups excluding carboxylic acids is 1. The molecule has 33 heavy (non-hydrogen) atoms. The molecule has 3 aromatic rings. The van der Waals surface area contributed by atoms with Crippen LogP contribution in [0.5, 0.6) is 5.75 Å². The second-order valence-electron chi connectivity index (χ2n) is 8.02. The summed E-state index contributed by atoms with van der Waals surface area (Å²) in [6.45, 7) is 1.74. The first-order valence-electron chi connectivity index (χ1n) is 10.5. The van der Waals surface area contributed by atoms with Crippen molar-refractivity contribution in [2.75, 3.05) is 25.7 Å². The summed E-state index contributed by atoms with van der Waals surface area (Å²) in [6.07, 6.45) is 0.435. The van der Waals surface area contributed by atoms with E-state index in [1.54, 1.807) is 63.5 Å². The van der Waals surface area contributed by atoms with Gasteiger partial charge in [-0.3, -0.25) is 14.2 Å². The molecular formula is C23H25N3O5S2. The van der Waals surface area contributed by atoms with Crippen molar-refractivity contribution in [2.24, 2.45) is 0 Å². The summed E-state index contributed by atoms with van der Waals surface area (Å²) < 4.78 is 30.5. The lowest BCUT2D eigenvalue weighted by Gasteiger charge is -2.26. The number of ether oxygens (including phenoxy) is 1. The zero-order valence-electron chi connectivity index (χ0n) is 18.6. The van der Waals surface area contributed by atoms with E-state index < -0.39 is 15.1 Å². The molecule has 8 nitrogen and oxygen atoms in total. The maximum absolute atomic E-state index is 13.4. The number of sulfone groups is 1. The van der Waals surface area contributed by atoms with Gasteiger partial charge in [-0.1, -0.05) is 30.0 Å². The van der Waals surface area contributed by atoms with Gasteiger partial charge in [0, 0.05) is 19.2 Å². The summed E-state index contributed by atoms with van der Waals surface area (Å²) in [5.74, 6) is 0.463. The number of hydrogen-bond donors (Lipinski definition) is 0. The van der Waals surface area contributed by atoms with Crippen LogP contribution in [0.15, 0.2) is 58.5 Å². The highest BCUT2D eigenvalue weighted by atomic mass is 32.2.